The molecule has 0 saturated heterocycles. The molecule has 41 heavy (non-hydrogen) atoms. The number of nitrogens with zero attached hydrogens (tertiary/aromatic N) is 3. The van der Waals surface area contributed by atoms with Crippen LogP contribution in [0.4, 0.5) is 13.2 Å². The molecule has 0 aliphatic carbocycles. The average Bonchev–Trinajstić information content (AvgIpc) is 3.65. The third-order valence-corrected chi connectivity index (χ3v) is 6.49. The number of para-hydroxylation sites is 2. The van der Waals surface area contributed by atoms with Gasteiger partial charge in [-0.3, -0.25) is 4.79 Å². The number of amides is 1. The summed E-state index contributed by atoms with van der Waals surface area (Å²) in [6.07, 6.45) is 2.07. The van der Waals surface area contributed by atoms with Crippen LogP contribution in [0.5, 0.6) is 0 Å². The van der Waals surface area contributed by atoms with Gasteiger partial charge in [0.25, 0.3) is 0 Å². The van der Waals surface area contributed by atoms with Crippen LogP contribution in [-0.2, 0) is 29.0 Å². The molecule has 1 amide bonds. The number of aromatic amines is 2. The zero-order chi connectivity index (χ0) is 29.8. The van der Waals surface area contributed by atoms with Gasteiger partial charge in [-0.25, -0.2) is 4.79 Å². The number of carboxylic acids is 1. The Hall–Kier alpha value is -4.65. The summed E-state index contributed by atoms with van der Waals surface area (Å²) in [7, 11) is 0. The third-order valence-electron chi connectivity index (χ3n) is 6.49. The number of hydrogen-bond donors (Lipinski definition) is 5. The highest BCUT2D eigenvalue weighted by Crippen LogP contribution is 2.25. The molecule has 5 aromatic rings. The fourth-order valence-electron chi connectivity index (χ4n) is 4.36. The van der Waals surface area contributed by atoms with Crippen molar-refractivity contribution in [2.75, 3.05) is 0 Å². The summed E-state index contributed by atoms with van der Waals surface area (Å²) in [5.41, 5.74) is 9.60. The first kappa shape index (κ1) is 29.3. The highest BCUT2D eigenvalue weighted by Gasteiger charge is 2.38. The molecule has 216 valence electrons. The number of H-pyrrole nitrogens is 2. The SMILES string of the molecule is CC(C)(N)C(=O)N[C@H](Cc1c[nH]c2ccccc12)c1nncn1CCc1c[nH]c2ccccc12.O=C(O)C(F)(F)F. The van der Waals surface area contributed by atoms with Crippen molar-refractivity contribution in [3.63, 3.8) is 0 Å². The monoisotopic (exact) mass is 569 g/mol. The van der Waals surface area contributed by atoms with Gasteiger partial charge >= 0.3 is 12.1 Å². The van der Waals surface area contributed by atoms with Crippen LogP contribution in [0.2, 0.25) is 0 Å². The number of benzene rings is 2. The van der Waals surface area contributed by atoms with Gasteiger partial charge in [0.05, 0.1) is 11.6 Å². The molecule has 0 spiro atoms. The molecule has 10 nitrogen and oxygen atoms in total. The molecule has 0 saturated carbocycles. The van der Waals surface area contributed by atoms with Gasteiger partial charge < -0.3 is 30.7 Å². The van der Waals surface area contributed by atoms with Crippen LogP contribution in [-0.4, -0.2) is 53.4 Å². The zero-order valence-electron chi connectivity index (χ0n) is 22.4. The van der Waals surface area contributed by atoms with E-state index in [1.807, 2.05) is 41.1 Å². The predicted molar refractivity (Wildman–Crippen MR) is 147 cm³/mol. The van der Waals surface area contributed by atoms with E-state index in [0.717, 1.165) is 28.4 Å². The van der Waals surface area contributed by atoms with Crippen molar-refractivity contribution in [1.82, 2.24) is 30.0 Å². The van der Waals surface area contributed by atoms with Crippen LogP contribution in [0.3, 0.4) is 0 Å². The van der Waals surface area contributed by atoms with E-state index in [9.17, 15) is 18.0 Å². The van der Waals surface area contributed by atoms with E-state index in [4.69, 9.17) is 15.6 Å². The van der Waals surface area contributed by atoms with Crippen molar-refractivity contribution in [2.45, 2.75) is 51.0 Å². The number of carboxylic acid groups (broad SMARTS) is 1. The normalized spacial score (nSPS) is 12.6. The molecule has 1 atom stereocenters. The lowest BCUT2D eigenvalue weighted by molar-refractivity contribution is -0.192. The van der Waals surface area contributed by atoms with E-state index in [0.29, 0.717) is 18.8 Å². The number of nitrogens with two attached hydrogens (primary N) is 1. The summed E-state index contributed by atoms with van der Waals surface area (Å²) in [6, 6.07) is 16.0. The second kappa shape index (κ2) is 11.8. The first-order valence-electron chi connectivity index (χ1n) is 12.7. The Morgan fingerprint density at radius 1 is 1.00 bits per heavy atom. The van der Waals surface area contributed by atoms with E-state index >= 15 is 0 Å². The number of halogens is 3. The van der Waals surface area contributed by atoms with Crippen LogP contribution in [0.25, 0.3) is 21.8 Å². The third kappa shape index (κ3) is 7.11. The molecule has 6 N–H and O–H groups in total. The van der Waals surface area contributed by atoms with Crippen molar-refractivity contribution in [3.8, 4) is 0 Å². The number of carbonyl (C=O) groups excluding carboxylic acids is 1. The lowest BCUT2D eigenvalue weighted by Gasteiger charge is -2.24. The van der Waals surface area contributed by atoms with Gasteiger partial charge in [-0.1, -0.05) is 36.4 Å². The largest absolute Gasteiger partial charge is 0.490 e. The smallest absolute Gasteiger partial charge is 0.475 e. The van der Waals surface area contributed by atoms with E-state index in [-0.39, 0.29) is 11.9 Å². The van der Waals surface area contributed by atoms with E-state index < -0.39 is 17.7 Å². The molecule has 5 rings (SSSR count). The molecule has 2 aromatic carbocycles. The summed E-state index contributed by atoms with van der Waals surface area (Å²) in [5.74, 6) is -2.28. The Morgan fingerprint density at radius 2 is 1.54 bits per heavy atom. The summed E-state index contributed by atoms with van der Waals surface area (Å²) in [6.45, 7) is 4.09. The molecule has 3 aromatic heterocycles. The quantitative estimate of drug-likeness (QED) is 0.188. The molecule has 0 unspecified atom stereocenters. The molecule has 3 heterocycles. The van der Waals surface area contributed by atoms with Crippen LogP contribution in [0.15, 0.2) is 67.3 Å². The van der Waals surface area contributed by atoms with Gasteiger partial charge in [-0.2, -0.15) is 13.2 Å². The maximum Gasteiger partial charge on any atom is 0.490 e. The first-order valence-corrected chi connectivity index (χ1v) is 12.7. The van der Waals surface area contributed by atoms with E-state index in [2.05, 4.69) is 49.9 Å². The van der Waals surface area contributed by atoms with Crippen molar-refractivity contribution < 1.29 is 27.9 Å². The van der Waals surface area contributed by atoms with E-state index in [1.54, 1.807) is 20.2 Å². The van der Waals surface area contributed by atoms with E-state index in [1.165, 1.54) is 10.9 Å². The van der Waals surface area contributed by atoms with Crippen LogP contribution < -0.4 is 11.1 Å². The van der Waals surface area contributed by atoms with Gasteiger partial charge in [0.1, 0.15) is 6.33 Å². The number of alkyl halides is 3. The first-order chi connectivity index (χ1) is 19.3. The number of aliphatic carboxylic acids is 1. The molecule has 0 aliphatic rings. The molecule has 13 heteroatoms. The second-order valence-electron chi connectivity index (χ2n) is 10.1. The molecule has 0 radical (unpaired) electrons. The summed E-state index contributed by atoms with van der Waals surface area (Å²) < 4.78 is 33.8. The zero-order valence-corrected chi connectivity index (χ0v) is 22.4. The van der Waals surface area contributed by atoms with Gasteiger partial charge in [-0.15, -0.1) is 10.2 Å². The Labute approximate surface area is 232 Å². The van der Waals surface area contributed by atoms with Crippen molar-refractivity contribution in [3.05, 3.63) is 84.2 Å². The number of hydrogen-bond acceptors (Lipinski definition) is 5. The minimum absolute atomic E-state index is 0.233. The fraction of sp³-hybridized carbons (Fsp3) is 0.286. The molecular formula is C28H30F3N7O3. The number of aromatic nitrogens is 5. The highest BCUT2D eigenvalue weighted by molar-refractivity contribution is 5.86. The van der Waals surface area contributed by atoms with Crippen molar-refractivity contribution in [1.29, 1.82) is 0 Å². The summed E-state index contributed by atoms with van der Waals surface area (Å²) in [4.78, 5) is 28.4. The van der Waals surface area contributed by atoms with Crippen LogP contribution >= 0.6 is 0 Å². The van der Waals surface area contributed by atoms with Gasteiger partial charge in [0.2, 0.25) is 5.91 Å². The average molecular weight is 570 g/mol. The number of fused-ring (bicyclic) bond motifs is 2. The van der Waals surface area contributed by atoms with Gasteiger partial charge in [-0.05, 0) is 43.5 Å². The number of aryl methyl sites for hydroxylation is 2. The molecule has 0 aliphatic heterocycles. The fourth-order valence-corrected chi connectivity index (χ4v) is 4.36. The lowest BCUT2D eigenvalue weighted by Crippen LogP contribution is -2.50. The summed E-state index contributed by atoms with van der Waals surface area (Å²) >= 11 is 0. The minimum atomic E-state index is -5.08. The van der Waals surface area contributed by atoms with Crippen LogP contribution in [0, 0.1) is 0 Å². The topological polar surface area (TPSA) is 155 Å². The Morgan fingerprint density at radius 3 is 2.10 bits per heavy atom. The van der Waals surface area contributed by atoms with Crippen molar-refractivity contribution in [2.24, 2.45) is 5.73 Å². The molecule has 0 fully saturated rings. The lowest BCUT2D eigenvalue weighted by atomic mass is 10.0. The van der Waals surface area contributed by atoms with Crippen LogP contribution in [0.1, 0.15) is 36.8 Å². The van der Waals surface area contributed by atoms with Gasteiger partial charge in [0.15, 0.2) is 5.82 Å². The number of nitrogens with one attached hydrogen (secondary N) is 3. The summed E-state index contributed by atoms with van der Waals surface area (Å²) in [5, 5.41) is 21.2. The number of carbonyl (C=O) groups is 2. The molecular weight excluding hydrogens is 539 g/mol. The van der Waals surface area contributed by atoms with Crippen molar-refractivity contribution >= 4 is 33.7 Å². The maximum absolute atomic E-state index is 12.9. The minimum Gasteiger partial charge on any atom is -0.475 e. The maximum atomic E-state index is 12.9. The Kier molecular flexibility index (Phi) is 8.47. The number of rotatable bonds is 8. The predicted octanol–water partition coefficient (Wildman–Crippen LogP) is 4.25. The van der Waals surface area contributed by atoms with Gasteiger partial charge in [0, 0.05) is 47.2 Å². The highest BCUT2D eigenvalue weighted by atomic mass is 19.4. The second-order valence-corrected chi connectivity index (χ2v) is 10.1. The molecule has 0 bridgehead atoms. The Bertz CT molecular complexity index is 1650. The standard InChI is InChI=1S/C26H29N7O.C2HF3O2/c1-26(2,27)25(34)31-23(13-18-15-29-22-10-6-4-8-20(18)22)24-32-30-16-33(24)12-11-17-14-28-21-9-5-3-7-19(17)21;3-2(4,5)1(6)7/h3-10,14-16,23,28-29H,11-13,27H2,1-2H3,(H,31,34);(H,6,7)/t23-;/m1./s1. The Balaban J connectivity index is 0.000000493.